The summed E-state index contributed by atoms with van der Waals surface area (Å²) in [5, 5.41) is 5.74. The van der Waals surface area contributed by atoms with Crippen molar-refractivity contribution in [1.29, 1.82) is 0 Å². The van der Waals surface area contributed by atoms with Crippen LogP contribution in [0.1, 0.15) is 0 Å². The van der Waals surface area contributed by atoms with E-state index in [4.69, 9.17) is 0 Å². The van der Waals surface area contributed by atoms with Gasteiger partial charge in [-0.25, -0.2) is 4.79 Å². The average molecular weight is 251 g/mol. The van der Waals surface area contributed by atoms with E-state index in [9.17, 15) is 9.59 Å². The van der Waals surface area contributed by atoms with Gasteiger partial charge in [0.25, 0.3) is 5.91 Å². The largest absolute Gasteiger partial charge is 0.433 e. The Kier molecular flexibility index (Phi) is 10.9. The van der Waals surface area contributed by atoms with Crippen LogP contribution in [-0.4, -0.2) is 49.3 Å². The Morgan fingerprint density at radius 2 is 1.88 bits per heavy atom. The average Bonchev–Trinajstić information content (AvgIpc) is 2.31. The van der Waals surface area contributed by atoms with E-state index in [1.54, 1.807) is 20.4 Å². The number of rotatable bonds is 1. The fourth-order valence-corrected chi connectivity index (χ4v) is 0.952. The second-order valence-electron chi connectivity index (χ2n) is 2.43. The van der Waals surface area contributed by atoms with Crippen LogP contribution >= 0.6 is 11.8 Å². The van der Waals surface area contributed by atoms with Crippen molar-refractivity contribution in [2.24, 2.45) is 16.8 Å². The monoisotopic (exact) mass is 251 g/mol. The van der Waals surface area contributed by atoms with Crippen molar-refractivity contribution in [1.82, 2.24) is 10.2 Å². The summed E-state index contributed by atoms with van der Waals surface area (Å²) in [5.74, 6) is 7.70. The summed E-state index contributed by atoms with van der Waals surface area (Å²) in [7, 11) is 4.59. The van der Waals surface area contributed by atoms with Crippen LogP contribution in [0.3, 0.4) is 0 Å². The first-order valence-corrected chi connectivity index (χ1v) is 5.31. The lowest BCUT2D eigenvalue weighted by Gasteiger charge is -2.09. The zero-order valence-corrected chi connectivity index (χ0v) is 10.5. The smallest absolute Gasteiger partial charge is 0.343 e. The van der Waals surface area contributed by atoms with Crippen LogP contribution in [0.4, 0.5) is 4.79 Å². The van der Waals surface area contributed by atoms with Crippen molar-refractivity contribution in [2.45, 2.75) is 0 Å². The van der Waals surface area contributed by atoms with E-state index in [0.29, 0.717) is 0 Å². The number of nitrogens with two attached hydrogens (primary N) is 2. The third-order valence-electron chi connectivity index (χ3n) is 1.20. The quantitative estimate of drug-likeness (QED) is 0.179. The second kappa shape index (κ2) is 10.2. The van der Waals surface area contributed by atoms with E-state index in [2.05, 4.69) is 27.0 Å². The third kappa shape index (κ3) is 7.04. The van der Waals surface area contributed by atoms with Crippen molar-refractivity contribution >= 4 is 28.8 Å². The van der Waals surface area contributed by atoms with E-state index < -0.39 is 6.09 Å². The molecule has 0 aliphatic heterocycles. The van der Waals surface area contributed by atoms with Crippen molar-refractivity contribution in [3.63, 3.8) is 0 Å². The van der Waals surface area contributed by atoms with Gasteiger partial charge in [-0.15, -0.1) is 11.8 Å². The number of nitrogens with zero attached hydrogens (tertiary/aromatic N) is 2. The normalized spacial score (nSPS) is 9.75. The summed E-state index contributed by atoms with van der Waals surface area (Å²) in [6, 6.07) is 0. The predicted molar refractivity (Wildman–Crippen MR) is 63.6 cm³/mol. The van der Waals surface area contributed by atoms with Crippen LogP contribution in [0.2, 0.25) is 0 Å². The Labute approximate surface area is 98.3 Å². The summed E-state index contributed by atoms with van der Waals surface area (Å²) in [6.45, 7) is 0. The molecule has 0 aromatic heterocycles. The molecule has 0 bridgehead atoms. The molecule has 0 saturated carbocycles. The maximum Gasteiger partial charge on any atom is 0.433 e. The summed E-state index contributed by atoms with van der Waals surface area (Å²) in [4.78, 5) is 27.7. The molecule has 0 saturated heterocycles. The molecule has 8 nitrogen and oxygen atoms in total. The van der Waals surface area contributed by atoms with Gasteiger partial charge in [-0.05, 0) is 6.26 Å². The van der Waals surface area contributed by atoms with E-state index in [1.165, 1.54) is 11.9 Å². The summed E-state index contributed by atoms with van der Waals surface area (Å²) < 4.78 is 0. The number of nitrogens with one attached hydrogen (secondary N) is 1. The molecule has 0 aliphatic carbocycles. The first kappa shape index (κ1) is 17.1. The molecule has 0 fully saturated rings. The highest BCUT2D eigenvalue weighted by molar-refractivity contribution is 8.15. The van der Waals surface area contributed by atoms with Crippen LogP contribution < -0.4 is 17.0 Å². The molecule has 9 heteroatoms. The van der Waals surface area contributed by atoms with Gasteiger partial charge in [-0.2, -0.15) is 0 Å². The standard InChI is InChI=1S/C7H13N3O3S.H4N2/c1-8-7(12)13-9-5(14-4)6(11)10(2)3;1-2/h1-4H3,(H,8,12);1-2H2. The third-order valence-corrected chi connectivity index (χ3v) is 1.83. The fraction of sp³-hybridized carbons (Fsp3) is 0.571. The van der Waals surface area contributed by atoms with Crippen LogP contribution in [0.15, 0.2) is 5.16 Å². The van der Waals surface area contributed by atoms with Gasteiger partial charge in [0.1, 0.15) is 0 Å². The van der Waals surface area contributed by atoms with E-state index >= 15 is 0 Å². The van der Waals surface area contributed by atoms with Crippen LogP contribution in [-0.2, 0) is 9.63 Å². The van der Waals surface area contributed by atoms with E-state index in [0.717, 1.165) is 11.8 Å². The number of thioether (sulfide) groups is 1. The maximum atomic E-state index is 11.3. The lowest BCUT2D eigenvalue weighted by Crippen LogP contribution is -2.28. The zero-order chi connectivity index (χ0) is 13.1. The highest BCUT2D eigenvalue weighted by Gasteiger charge is 2.13. The molecule has 0 rings (SSSR count). The van der Waals surface area contributed by atoms with Gasteiger partial charge in [0.15, 0.2) is 0 Å². The Balaban J connectivity index is 0. The number of carbonyl (C=O) groups excluding carboxylic acids is 2. The van der Waals surface area contributed by atoms with Gasteiger partial charge in [0.05, 0.1) is 0 Å². The summed E-state index contributed by atoms with van der Waals surface area (Å²) in [5.41, 5.74) is 0. The lowest BCUT2D eigenvalue weighted by molar-refractivity contribution is -0.121. The summed E-state index contributed by atoms with van der Waals surface area (Å²) in [6.07, 6.45) is 0.969. The number of carbonyl (C=O) groups is 2. The highest BCUT2D eigenvalue weighted by atomic mass is 32.2. The molecule has 0 aromatic rings. The zero-order valence-electron chi connectivity index (χ0n) is 9.68. The Morgan fingerprint density at radius 3 is 2.19 bits per heavy atom. The molecular weight excluding hydrogens is 234 g/mol. The SMILES string of the molecule is CNC(=O)ON=C(SC)C(=O)N(C)C.NN. The van der Waals surface area contributed by atoms with E-state index in [1.807, 2.05) is 0 Å². The number of amides is 2. The molecule has 0 heterocycles. The van der Waals surface area contributed by atoms with E-state index in [-0.39, 0.29) is 11.0 Å². The number of hydrazine groups is 1. The molecule has 0 atom stereocenters. The molecule has 94 valence electrons. The van der Waals surface area contributed by atoms with Gasteiger partial charge in [-0.1, -0.05) is 5.16 Å². The van der Waals surface area contributed by atoms with Gasteiger partial charge in [-0.3, -0.25) is 21.3 Å². The Hall–Kier alpha value is -1.32. The minimum Gasteiger partial charge on any atom is -0.343 e. The van der Waals surface area contributed by atoms with Crippen molar-refractivity contribution in [2.75, 3.05) is 27.4 Å². The fourth-order valence-electron chi connectivity index (χ4n) is 0.483. The molecule has 0 spiro atoms. The summed E-state index contributed by atoms with van der Waals surface area (Å²) >= 11 is 1.11. The second-order valence-corrected chi connectivity index (χ2v) is 3.22. The first-order chi connectivity index (χ1) is 7.52. The van der Waals surface area contributed by atoms with Gasteiger partial charge in [0.2, 0.25) is 5.04 Å². The minimum atomic E-state index is -0.705. The molecule has 0 aliphatic rings. The highest BCUT2D eigenvalue weighted by Crippen LogP contribution is 2.01. The van der Waals surface area contributed by atoms with Crippen LogP contribution in [0.25, 0.3) is 0 Å². The Morgan fingerprint density at radius 1 is 1.38 bits per heavy atom. The Bertz CT molecular complexity index is 256. The number of oxime groups is 1. The number of hydrogen-bond acceptors (Lipinski definition) is 7. The molecule has 0 radical (unpaired) electrons. The maximum absolute atomic E-state index is 11.3. The van der Waals surface area contributed by atoms with Gasteiger partial charge in [0, 0.05) is 21.1 Å². The number of hydrogen-bond donors (Lipinski definition) is 3. The molecule has 2 amide bonds. The molecule has 5 N–H and O–H groups in total. The molecule has 16 heavy (non-hydrogen) atoms. The predicted octanol–water partition coefficient (Wildman–Crippen LogP) is -1.07. The lowest BCUT2D eigenvalue weighted by atomic mass is 10.6. The first-order valence-electron chi connectivity index (χ1n) is 4.08. The minimum absolute atomic E-state index is 0.124. The van der Waals surface area contributed by atoms with Crippen LogP contribution in [0.5, 0.6) is 0 Å². The molecule has 0 unspecified atom stereocenters. The topological polar surface area (TPSA) is 123 Å². The van der Waals surface area contributed by atoms with Gasteiger partial charge >= 0.3 is 6.09 Å². The molecular formula is C7H17N5O3S. The molecule has 0 aromatic carbocycles. The van der Waals surface area contributed by atoms with Crippen molar-refractivity contribution in [3.05, 3.63) is 0 Å². The van der Waals surface area contributed by atoms with Gasteiger partial charge < -0.3 is 10.2 Å². The van der Waals surface area contributed by atoms with Crippen LogP contribution in [0, 0.1) is 0 Å². The van der Waals surface area contributed by atoms with Crippen molar-refractivity contribution in [3.8, 4) is 0 Å². The van der Waals surface area contributed by atoms with Crippen molar-refractivity contribution < 1.29 is 14.4 Å².